The van der Waals surface area contributed by atoms with E-state index in [2.05, 4.69) is 90.1 Å². The number of unbranched alkanes of at least 4 members (excludes halogenated alkanes) is 2. The molecule has 46 heavy (non-hydrogen) atoms. The Morgan fingerprint density at radius 2 is 1.07 bits per heavy atom. The Kier molecular flexibility index (Phi) is 13.8. The van der Waals surface area contributed by atoms with E-state index in [0.29, 0.717) is 23.0 Å². The number of phenols is 1. The van der Waals surface area contributed by atoms with Crippen molar-refractivity contribution < 1.29 is 5.11 Å². The van der Waals surface area contributed by atoms with Gasteiger partial charge in [0.15, 0.2) is 17.5 Å². The zero-order chi connectivity index (χ0) is 32.9. The van der Waals surface area contributed by atoms with Gasteiger partial charge in [0.1, 0.15) is 5.75 Å². The summed E-state index contributed by atoms with van der Waals surface area (Å²) in [5, 5.41) is 11.3. The van der Waals surface area contributed by atoms with E-state index in [-0.39, 0.29) is 5.75 Å². The highest BCUT2D eigenvalue weighted by molar-refractivity contribution is 5.71. The average molecular weight is 620 g/mol. The number of hydrogen-bond acceptors (Lipinski definition) is 4. The third-order valence-electron chi connectivity index (χ3n) is 9.86. The molecule has 4 aromatic rings. The van der Waals surface area contributed by atoms with Crippen LogP contribution in [0, 0.1) is 18.8 Å². The van der Waals surface area contributed by atoms with Gasteiger partial charge in [0.25, 0.3) is 0 Å². The first-order chi connectivity index (χ1) is 22.4. The zero-order valence-corrected chi connectivity index (χ0v) is 29.4. The molecule has 0 fully saturated rings. The fourth-order valence-corrected chi connectivity index (χ4v) is 6.52. The highest BCUT2D eigenvalue weighted by atomic mass is 16.3. The Hall–Kier alpha value is -3.53. The molecule has 0 aliphatic rings. The van der Waals surface area contributed by atoms with Crippen LogP contribution in [0.25, 0.3) is 34.2 Å². The number of aryl methyl sites for hydroxylation is 4. The van der Waals surface area contributed by atoms with Gasteiger partial charge in [0.2, 0.25) is 0 Å². The van der Waals surface area contributed by atoms with Crippen molar-refractivity contribution in [3.8, 4) is 39.9 Å². The quantitative estimate of drug-likeness (QED) is 0.120. The molecule has 4 nitrogen and oxygen atoms in total. The zero-order valence-electron chi connectivity index (χ0n) is 29.4. The molecule has 3 aromatic carbocycles. The van der Waals surface area contributed by atoms with Gasteiger partial charge in [-0.3, -0.25) is 0 Å². The van der Waals surface area contributed by atoms with Gasteiger partial charge in [-0.1, -0.05) is 135 Å². The van der Waals surface area contributed by atoms with Crippen LogP contribution in [0.2, 0.25) is 0 Å². The van der Waals surface area contributed by atoms with E-state index in [4.69, 9.17) is 15.0 Å². The largest absolute Gasteiger partial charge is 0.507 e. The molecule has 246 valence electrons. The molecule has 1 N–H and O–H groups in total. The maximum absolute atomic E-state index is 11.3. The molecule has 1 aromatic heterocycles. The molecular formula is C42H57N3O. The molecule has 0 bridgehead atoms. The topological polar surface area (TPSA) is 58.9 Å². The Bertz CT molecular complexity index is 1420. The van der Waals surface area contributed by atoms with Crippen molar-refractivity contribution in [1.82, 2.24) is 15.0 Å². The van der Waals surface area contributed by atoms with E-state index < -0.39 is 0 Å². The molecule has 4 heteroatoms. The van der Waals surface area contributed by atoms with Crippen LogP contribution in [0.5, 0.6) is 5.75 Å². The second kappa shape index (κ2) is 18.0. The molecule has 0 spiro atoms. The van der Waals surface area contributed by atoms with Gasteiger partial charge < -0.3 is 5.11 Å². The second-order valence-corrected chi connectivity index (χ2v) is 13.3. The van der Waals surface area contributed by atoms with Crippen LogP contribution in [0.1, 0.15) is 121 Å². The summed E-state index contributed by atoms with van der Waals surface area (Å²) in [4.78, 5) is 14.9. The number of aromatic nitrogens is 3. The van der Waals surface area contributed by atoms with E-state index >= 15 is 0 Å². The molecule has 0 amide bonds. The van der Waals surface area contributed by atoms with Crippen LogP contribution < -0.4 is 0 Å². The summed E-state index contributed by atoms with van der Waals surface area (Å²) >= 11 is 0. The second-order valence-electron chi connectivity index (χ2n) is 13.3. The maximum atomic E-state index is 11.3. The lowest BCUT2D eigenvalue weighted by atomic mass is 9.91. The summed E-state index contributed by atoms with van der Waals surface area (Å²) in [6, 6.07) is 21.2. The van der Waals surface area contributed by atoms with Gasteiger partial charge in [-0.2, -0.15) is 0 Å². The van der Waals surface area contributed by atoms with E-state index in [1.165, 1.54) is 68.9 Å². The molecule has 0 aliphatic heterocycles. The van der Waals surface area contributed by atoms with Gasteiger partial charge in [-0.15, -0.1) is 0 Å². The molecule has 4 rings (SSSR count). The van der Waals surface area contributed by atoms with Crippen LogP contribution in [-0.2, 0) is 19.3 Å². The molecule has 2 unspecified atom stereocenters. The van der Waals surface area contributed by atoms with E-state index in [9.17, 15) is 5.11 Å². The first kappa shape index (κ1) is 35.3. The molecule has 0 aliphatic carbocycles. The van der Waals surface area contributed by atoms with Crippen molar-refractivity contribution >= 4 is 0 Å². The summed E-state index contributed by atoms with van der Waals surface area (Å²) in [5.74, 6) is 3.52. The standard InChI is InChI=1S/C42H57N3O/c1-7-12-14-31(9-3)16-18-34-22-26-37(30(6)28-34)41-43-40(36-24-20-33(11-5)21-25-36)44-42(45-41)38-27-23-35(29-39(38)46)19-17-32(10-4)15-13-8-2/h20-29,31-32,46H,7-19H2,1-6H3. The van der Waals surface area contributed by atoms with Gasteiger partial charge >= 0.3 is 0 Å². The normalized spacial score (nSPS) is 12.7. The number of aromatic hydroxyl groups is 1. The minimum absolute atomic E-state index is 0.226. The van der Waals surface area contributed by atoms with Crippen LogP contribution in [0.3, 0.4) is 0 Å². The Morgan fingerprint density at radius 3 is 1.57 bits per heavy atom. The summed E-state index contributed by atoms with van der Waals surface area (Å²) in [7, 11) is 0. The minimum atomic E-state index is 0.226. The van der Waals surface area contributed by atoms with Crippen molar-refractivity contribution in [2.45, 2.75) is 125 Å². The van der Waals surface area contributed by atoms with Crippen LogP contribution in [0.4, 0.5) is 0 Å². The van der Waals surface area contributed by atoms with Crippen molar-refractivity contribution in [3.63, 3.8) is 0 Å². The van der Waals surface area contributed by atoms with Crippen molar-refractivity contribution in [2.75, 3.05) is 0 Å². The number of hydrogen-bond donors (Lipinski definition) is 1. The lowest BCUT2D eigenvalue weighted by Crippen LogP contribution is -2.03. The lowest BCUT2D eigenvalue weighted by molar-refractivity contribution is 0.421. The lowest BCUT2D eigenvalue weighted by Gasteiger charge is -2.16. The monoisotopic (exact) mass is 619 g/mol. The third-order valence-corrected chi connectivity index (χ3v) is 9.86. The summed E-state index contributed by atoms with van der Waals surface area (Å²) in [6.45, 7) is 13.5. The molecule has 1 heterocycles. The van der Waals surface area contributed by atoms with Gasteiger partial charge in [0.05, 0.1) is 5.56 Å². The van der Waals surface area contributed by atoms with Gasteiger partial charge in [-0.25, -0.2) is 15.0 Å². The number of benzene rings is 3. The maximum Gasteiger partial charge on any atom is 0.167 e. The van der Waals surface area contributed by atoms with Crippen molar-refractivity contribution in [1.29, 1.82) is 0 Å². The molecule has 0 saturated heterocycles. The average Bonchev–Trinajstić information content (AvgIpc) is 3.08. The first-order valence-electron chi connectivity index (χ1n) is 18.2. The Balaban J connectivity index is 1.65. The fraction of sp³-hybridized carbons (Fsp3) is 0.500. The van der Waals surface area contributed by atoms with Crippen molar-refractivity contribution in [3.05, 3.63) is 82.9 Å². The fourth-order valence-electron chi connectivity index (χ4n) is 6.52. The molecule has 0 saturated carbocycles. The van der Waals surface area contributed by atoms with E-state index in [0.717, 1.165) is 59.8 Å². The third kappa shape index (κ3) is 9.74. The number of nitrogens with zero attached hydrogens (tertiary/aromatic N) is 3. The minimum Gasteiger partial charge on any atom is -0.507 e. The van der Waals surface area contributed by atoms with Gasteiger partial charge in [0, 0.05) is 11.1 Å². The predicted molar refractivity (Wildman–Crippen MR) is 195 cm³/mol. The molecular weight excluding hydrogens is 562 g/mol. The Labute approximate surface area is 279 Å². The van der Waals surface area contributed by atoms with E-state index in [1.54, 1.807) is 0 Å². The van der Waals surface area contributed by atoms with Crippen LogP contribution >= 0.6 is 0 Å². The molecule has 0 radical (unpaired) electrons. The SMILES string of the molecule is CCCCC(CC)CCc1ccc(-c2nc(-c3ccc(CC)cc3)nc(-c3ccc(CCC(CC)CCCC)cc3O)n2)c(C)c1. The smallest absolute Gasteiger partial charge is 0.167 e. The van der Waals surface area contributed by atoms with Gasteiger partial charge in [-0.05, 0) is 85.3 Å². The van der Waals surface area contributed by atoms with Crippen LogP contribution in [0.15, 0.2) is 60.7 Å². The molecule has 2 atom stereocenters. The van der Waals surface area contributed by atoms with Crippen molar-refractivity contribution in [2.24, 2.45) is 11.8 Å². The highest BCUT2D eigenvalue weighted by Crippen LogP contribution is 2.33. The summed E-state index contributed by atoms with van der Waals surface area (Å²) < 4.78 is 0. The number of phenolic OH excluding ortho intramolecular Hbond substituents is 1. The summed E-state index contributed by atoms with van der Waals surface area (Å²) in [5.41, 5.74) is 7.56. The summed E-state index contributed by atoms with van der Waals surface area (Å²) in [6.07, 6.45) is 15.6. The van der Waals surface area contributed by atoms with E-state index in [1.807, 2.05) is 12.1 Å². The number of rotatable bonds is 18. The first-order valence-corrected chi connectivity index (χ1v) is 18.2. The Morgan fingerprint density at radius 1 is 0.565 bits per heavy atom. The highest BCUT2D eigenvalue weighted by Gasteiger charge is 2.17. The predicted octanol–water partition coefficient (Wildman–Crippen LogP) is 11.7. The van der Waals surface area contributed by atoms with Crippen LogP contribution in [-0.4, -0.2) is 20.1 Å².